The van der Waals surface area contributed by atoms with Gasteiger partial charge in [0.05, 0.1) is 6.20 Å². The van der Waals surface area contributed by atoms with Crippen molar-refractivity contribution >= 4 is 17.2 Å². The highest BCUT2D eigenvalue weighted by Gasteiger charge is 2.24. The van der Waals surface area contributed by atoms with Crippen molar-refractivity contribution in [1.29, 1.82) is 0 Å². The Bertz CT molecular complexity index is 534. The van der Waals surface area contributed by atoms with E-state index in [0.29, 0.717) is 17.0 Å². The van der Waals surface area contributed by atoms with Crippen LogP contribution >= 0.6 is 11.6 Å². The van der Waals surface area contributed by atoms with Crippen LogP contribution in [0.5, 0.6) is 0 Å². The number of hydrogen-bond acceptors (Lipinski definition) is 2. The first-order chi connectivity index (χ1) is 8.25. The molecule has 0 unspecified atom stereocenters. The monoisotopic (exact) mass is 249 g/mol. The summed E-state index contributed by atoms with van der Waals surface area (Å²) in [5.41, 5.74) is 1.99. The number of rotatable bonds is 1. The second-order valence-corrected chi connectivity index (χ2v) is 5.36. The van der Waals surface area contributed by atoms with E-state index < -0.39 is 0 Å². The molecule has 0 radical (unpaired) electrons. The van der Waals surface area contributed by atoms with E-state index in [1.165, 1.54) is 25.7 Å². The van der Waals surface area contributed by atoms with Gasteiger partial charge in [0.25, 0.3) is 0 Å². The predicted molar refractivity (Wildman–Crippen MR) is 68.4 cm³/mol. The smallest absolute Gasteiger partial charge is 0.156 e. The highest BCUT2D eigenvalue weighted by atomic mass is 35.5. The van der Waals surface area contributed by atoms with Gasteiger partial charge < -0.3 is 0 Å². The Morgan fingerprint density at radius 3 is 3.00 bits per heavy atom. The molecule has 3 nitrogen and oxygen atoms in total. The number of aromatic nitrogens is 3. The van der Waals surface area contributed by atoms with E-state index in [0.717, 1.165) is 11.3 Å². The highest BCUT2D eigenvalue weighted by molar-refractivity contribution is 6.29. The van der Waals surface area contributed by atoms with Crippen LogP contribution in [0, 0.1) is 5.92 Å². The minimum Gasteiger partial charge on any atom is -0.233 e. The quantitative estimate of drug-likeness (QED) is 0.722. The van der Waals surface area contributed by atoms with Crippen molar-refractivity contribution < 1.29 is 0 Å². The van der Waals surface area contributed by atoms with Gasteiger partial charge in [-0.25, -0.2) is 9.50 Å². The Hall–Kier alpha value is -1.09. The molecule has 1 aliphatic rings. The molecule has 3 rings (SSSR count). The van der Waals surface area contributed by atoms with E-state index in [9.17, 15) is 0 Å². The molecule has 2 aromatic heterocycles. The lowest BCUT2D eigenvalue weighted by molar-refractivity contribution is 0.325. The van der Waals surface area contributed by atoms with Crippen LogP contribution in [0.1, 0.15) is 44.2 Å². The molecule has 0 saturated heterocycles. The molecule has 17 heavy (non-hydrogen) atoms. The van der Waals surface area contributed by atoms with E-state index in [-0.39, 0.29) is 0 Å². The first kappa shape index (κ1) is 11.0. The predicted octanol–water partition coefficient (Wildman–Crippen LogP) is 3.68. The maximum atomic E-state index is 6.23. The SMILES string of the molecule is C[C@@H]1CCCC[C@H]1c1cc(Cl)n2nccc2n1. The van der Waals surface area contributed by atoms with Gasteiger partial charge in [0, 0.05) is 17.7 Å². The molecule has 0 aliphatic heterocycles. The summed E-state index contributed by atoms with van der Waals surface area (Å²) in [6.07, 6.45) is 6.92. The first-order valence-corrected chi connectivity index (χ1v) is 6.63. The highest BCUT2D eigenvalue weighted by Crippen LogP contribution is 2.37. The fourth-order valence-corrected chi connectivity index (χ4v) is 3.08. The van der Waals surface area contributed by atoms with Gasteiger partial charge in [-0.05, 0) is 18.4 Å². The minimum atomic E-state index is 0.557. The van der Waals surface area contributed by atoms with Crippen molar-refractivity contribution in [2.45, 2.75) is 38.5 Å². The zero-order valence-corrected chi connectivity index (χ0v) is 10.7. The second-order valence-electron chi connectivity index (χ2n) is 4.97. The van der Waals surface area contributed by atoms with Crippen molar-refractivity contribution in [3.05, 3.63) is 29.2 Å². The van der Waals surface area contributed by atoms with Crippen molar-refractivity contribution in [3.8, 4) is 0 Å². The maximum absolute atomic E-state index is 6.23. The van der Waals surface area contributed by atoms with Gasteiger partial charge in [-0.3, -0.25) is 0 Å². The average Bonchev–Trinajstić information content (AvgIpc) is 2.78. The molecular weight excluding hydrogens is 234 g/mol. The molecule has 0 bridgehead atoms. The Balaban J connectivity index is 2.04. The molecule has 4 heteroatoms. The van der Waals surface area contributed by atoms with Gasteiger partial charge >= 0.3 is 0 Å². The molecule has 2 atom stereocenters. The Kier molecular flexibility index (Phi) is 2.79. The van der Waals surface area contributed by atoms with Gasteiger partial charge in [-0.15, -0.1) is 0 Å². The van der Waals surface area contributed by atoms with Gasteiger partial charge in [0.1, 0.15) is 5.15 Å². The zero-order chi connectivity index (χ0) is 11.8. The fraction of sp³-hybridized carbons (Fsp3) is 0.538. The van der Waals surface area contributed by atoms with Gasteiger partial charge in [-0.2, -0.15) is 5.10 Å². The number of hydrogen-bond donors (Lipinski definition) is 0. The summed E-state index contributed by atoms with van der Waals surface area (Å²) in [6.45, 7) is 2.32. The van der Waals surface area contributed by atoms with Gasteiger partial charge in [-0.1, -0.05) is 37.8 Å². The lowest BCUT2D eigenvalue weighted by atomic mass is 9.78. The van der Waals surface area contributed by atoms with E-state index >= 15 is 0 Å². The fourth-order valence-electron chi connectivity index (χ4n) is 2.84. The summed E-state index contributed by atoms with van der Waals surface area (Å²) < 4.78 is 1.68. The average molecular weight is 250 g/mol. The summed E-state index contributed by atoms with van der Waals surface area (Å²) in [7, 11) is 0. The minimum absolute atomic E-state index is 0.557. The summed E-state index contributed by atoms with van der Waals surface area (Å²) in [6, 6.07) is 3.89. The van der Waals surface area contributed by atoms with E-state index in [1.807, 2.05) is 12.1 Å². The normalized spacial score (nSPS) is 25.3. The van der Waals surface area contributed by atoms with Crippen molar-refractivity contribution in [3.63, 3.8) is 0 Å². The van der Waals surface area contributed by atoms with Crippen LogP contribution < -0.4 is 0 Å². The van der Waals surface area contributed by atoms with Crippen LogP contribution in [0.3, 0.4) is 0 Å². The second kappa shape index (κ2) is 4.30. The lowest BCUT2D eigenvalue weighted by Crippen LogP contribution is -2.16. The standard InChI is InChI=1S/C13H16ClN3/c1-9-4-2-3-5-10(9)11-8-12(14)17-13(16-11)6-7-15-17/h6-10H,2-5H2,1H3/t9-,10-/m1/s1. The van der Waals surface area contributed by atoms with Crippen LogP contribution in [0.25, 0.3) is 5.65 Å². The number of nitrogens with zero attached hydrogens (tertiary/aromatic N) is 3. The van der Waals surface area contributed by atoms with Crippen LogP contribution in [0.2, 0.25) is 5.15 Å². The molecule has 1 saturated carbocycles. The molecule has 2 heterocycles. The molecule has 90 valence electrons. The van der Waals surface area contributed by atoms with Gasteiger partial charge in [0.2, 0.25) is 0 Å². The topological polar surface area (TPSA) is 30.2 Å². The Morgan fingerprint density at radius 2 is 2.18 bits per heavy atom. The molecule has 0 aromatic carbocycles. The molecule has 0 spiro atoms. The lowest BCUT2D eigenvalue weighted by Gasteiger charge is -2.28. The zero-order valence-electron chi connectivity index (χ0n) is 9.93. The van der Waals surface area contributed by atoms with E-state index in [4.69, 9.17) is 11.6 Å². The van der Waals surface area contributed by atoms with Crippen molar-refractivity contribution in [2.24, 2.45) is 5.92 Å². The third-order valence-corrected chi connectivity index (χ3v) is 4.10. The first-order valence-electron chi connectivity index (χ1n) is 6.26. The number of fused-ring (bicyclic) bond motifs is 1. The van der Waals surface area contributed by atoms with Crippen LogP contribution in [-0.4, -0.2) is 14.6 Å². The number of halogens is 1. The molecule has 2 aromatic rings. The molecule has 0 N–H and O–H groups in total. The van der Waals surface area contributed by atoms with Crippen molar-refractivity contribution in [2.75, 3.05) is 0 Å². The maximum Gasteiger partial charge on any atom is 0.156 e. The summed E-state index contributed by atoms with van der Waals surface area (Å²) in [5, 5.41) is 4.81. The molecule has 1 fully saturated rings. The van der Waals surface area contributed by atoms with Gasteiger partial charge in [0.15, 0.2) is 5.65 Å². The van der Waals surface area contributed by atoms with Crippen LogP contribution in [0.15, 0.2) is 18.3 Å². The summed E-state index contributed by atoms with van der Waals surface area (Å²) >= 11 is 6.23. The van der Waals surface area contributed by atoms with Crippen molar-refractivity contribution in [1.82, 2.24) is 14.6 Å². The third-order valence-electron chi connectivity index (χ3n) is 3.83. The molecular formula is C13H16ClN3. The van der Waals surface area contributed by atoms with Crippen LogP contribution in [0.4, 0.5) is 0 Å². The van der Waals surface area contributed by atoms with E-state index in [2.05, 4.69) is 17.0 Å². The summed E-state index contributed by atoms with van der Waals surface area (Å²) in [4.78, 5) is 4.69. The third kappa shape index (κ3) is 1.93. The van der Waals surface area contributed by atoms with Crippen LogP contribution in [-0.2, 0) is 0 Å². The largest absolute Gasteiger partial charge is 0.233 e. The molecule has 0 amide bonds. The Labute approximate surface area is 106 Å². The van der Waals surface area contributed by atoms with E-state index in [1.54, 1.807) is 10.7 Å². The summed E-state index contributed by atoms with van der Waals surface area (Å²) in [5.74, 6) is 1.26. The molecule has 1 aliphatic carbocycles. The Morgan fingerprint density at radius 1 is 1.35 bits per heavy atom.